The summed E-state index contributed by atoms with van der Waals surface area (Å²) in [4.78, 5) is 13.7. The van der Waals surface area contributed by atoms with Gasteiger partial charge in [0.2, 0.25) is 5.91 Å². The molecular formula is C8H17BF3KN2O. The van der Waals surface area contributed by atoms with Gasteiger partial charge in [-0.15, -0.1) is 0 Å². The molecule has 16 heavy (non-hydrogen) atoms. The van der Waals surface area contributed by atoms with Crippen LogP contribution in [-0.4, -0.2) is 56.3 Å². The van der Waals surface area contributed by atoms with Crippen LogP contribution in [0.1, 0.15) is 13.3 Å². The Morgan fingerprint density at radius 2 is 1.75 bits per heavy atom. The molecule has 0 heterocycles. The molecule has 0 unspecified atom stereocenters. The van der Waals surface area contributed by atoms with Crippen molar-refractivity contribution < 1.29 is 69.1 Å². The Kier molecular flexibility index (Phi) is 10.8. The number of likely N-dealkylation sites (N-methyl/N-ethyl adjacent to an activating group) is 1. The van der Waals surface area contributed by atoms with E-state index in [1.54, 1.807) is 6.92 Å². The number of hydrogen-bond acceptors (Lipinski definition) is 2. The van der Waals surface area contributed by atoms with Gasteiger partial charge in [0, 0.05) is 14.1 Å². The van der Waals surface area contributed by atoms with E-state index in [1.807, 2.05) is 0 Å². The fourth-order valence-electron chi connectivity index (χ4n) is 1.18. The zero-order chi connectivity index (χ0) is 12.1. The second-order valence-corrected chi connectivity index (χ2v) is 3.73. The van der Waals surface area contributed by atoms with Gasteiger partial charge >= 0.3 is 58.4 Å². The van der Waals surface area contributed by atoms with Crippen LogP contribution in [0.15, 0.2) is 0 Å². The van der Waals surface area contributed by atoms with Gasteiger partial charge in [-0.25, -0.2) is 0 Å². The summed E-state index contributed by atoms with van der Waals surface area (Å²) in [5, 5.41) is 0. The van der Waals surface area contributed by atoms with Crippen molar-refractivity contribution in [2.24, 2.45) is 0 Å². The maximum atomic E-state index is 12.2. The summed E-state index contributed by atoms with van der Waals surface area (Å²) in [7, 11) is 3.07. The molecule has 0 saturated carbocycles. The first kappa shape index (κ1) is 19.3. The zero-order valence-electron chi connectivity index (χ0n) is 10.3. The number of amides is 1. The molecule has 0 atom stereocenters. The van der Waals surface area contributed by atoms with Crippen LogP contribution in [0.3, 0.4) is 0 Å². The molecule has 0 aliphatic rings. The third kappa shape index (κ3) is 10.1. The van der Waals surface area contributed by atoms with Crippen molar-refractivity contribution in [3.63, 3.8) is 0 Å². The standard InChI is InChI=1S/C8H17BF3N2O.K/c1-4-5-14(7-9(10,11)12)6-8(15)13(2)3;/h4-7H2,1-3H3;/q-1;+1. The Morgan fingerprint density at radius 3 is 2.06 bits per heavy atom. The van der Waals surface area contributed by atoms with E-state index in [-0.39, 0.29) is 63.8 Å². The van der Waals surface area contributed by atoms with E-state index in [9.17, 15) is 17.7 Å². The first-order chi connectivity index (χ1) is 6.76. The van der Waals surface area contributed by atoms with Crippen molar-refractivity contribution in [1.29, 1.82) is 0 Å². The van der Waals surface area contributed by atoms with Crippen LogP contribution in [0, 0.1) is 0 Å². The number of hydrogen-bond donors (Lipinski definition) is 0. The molecule has 0 aliphatic carbocycles. The Bertz CT molecular complexity index is 214. The normalized spacial score (nSPS) is 11.2. The number of carbonyl (C=O) groups is 1. The Labute approximate surface area is 137 Å². The van der Waals surface area contributed by atoms with Gasteiger partial charge in [0.15, 0.2) is 0 Å². The van der Waals surface area contributed by atoms with Gasteiger partial charge in [-0.05, 0) is 19.4 Å². The minimum atomic E-state index is -4.86. The van der Waals surface area contributed by atoms with Gasteiger partial charge in [-0.3, -0.25) is 4.79 Å². The SMILES string of the molecule is CCCN(CC(=O)N(C)C)C[B-](F)(F)F.[K+]. The Hall–Kier alpha value is 0.921. The van der Waals surface area contributed by atoms with Gasteiger partial charge in [-0.2, -0.15) is 0 Å². The van der Waals surface area contributed by atoms with E-state index in [0.29, 0.717) is 13.0 Å². The van der Waals surface area contributed by atoms with Gasteiger partial charge in [0.25, 0.3) is 0 Å². The number of nitrogens with zero attached hydrogens (tertiary/aromatic N) is 2. The molecule has 1 amide bonds. The van der Waals surface area contributed by atoms with E-state index < -0.39 is 13.4 Å². The largest absolute Gasteiger partial charge is 1.00 e. The molecule has 0 fully saturated rings. The summed E-state index contributed by atoms with van der Waals surface area (Å²) >= 11 is 0. The van der Waals surface area contributed by atoms with E-state index in [2.05, 4.69) is 0 Å². The Balaban J connectivity index is 0. The average Bonchev–Trinajstić information content (AvgIpc) is 2.00. The molecule has 0 aliphatic heterocycles. The number of carbonyl (C=O) groups excluding carboxylic acids is 1. The summed E-state index contributed by atoms with van der Waals surface area (Å²) < 4.78 is 36.5. The summed E-state index contributed by atoms with van der Waals surface area (Å²) in [5.74, 6) is -0.302. The fourth-order valence-corrected chi connectivity index (χ4v) is 1.18. The number of rotatable bonds is 6. The van der Waals surface area contributed by atoms with Crippen molar-refractivity contribution in [3.8, 4) is 0 Å². The molecule has 0 spiro atoms. The van der Waals surface area contributed by atoms with Gasteiger partial charge < -0.3 is 22.7 Å². The van der Waals surface area contributed by atoms with Crippen LogP contribution in [0.25, 0.3) is 0 Å². The van der Waals surface area contributed by atoms with Gasteiger partial charge in [0.1, 0.15) is 0 Å². The third-order valence-corrected chi connectivity index (χ3v) is 1.86. The predicted molar refractivity (Wildman–Crippen MR) is 54.5 cm³/mol. The molecule has 0 rings (SSSR count). The molecule has 8 heteroatoms. The van der Waals surface area contributed by atoms with Crippen molar-refractivity contribution in [2.75, 3.05) is 33.6 Å². The molecule has 3 nitrogen and oxygen atoms in total. The van der Waals surface area contributed by atoms with Crippen LogP contribution >= 0.6 is 0 Å². The van der Waals surface area contributed by atoms with Crippen molar-refractivity contribution in [3.05, 3.63) is 0 Å². The maximum absolute atomic E-state index is 12.2. The Morgan fingerprint density at radius 1 is 1.25 bits per heavy atom. The molecule has 0 radical (unpaired) electrons. The van der Waals surface area contributed by atoms with E-state index >= 15 is 0 Å². The zero-order valence-corrected chi connectivity index (χ0v) is 13.5. The molecule has 0 N–H and O–H groups in total. The molecular weight excluding hydrogens is 247 g/mol. The summed E-state index contributed by atoms with van der Waals surface area (Å²) in [6.07, 6.45) is -0.361. The second kappa shape index (κ2) is 8.93. The van der Waals surface area contributed by atoms with Crippen LogP contribution in [0.2, 0.25) is 0 Å². The van der Waals surface area contributed by atoms with Crippen molar-refractivity contribution in [1.82, 2.24) is 9.80 Å². The molecule has 0 saturated heterocycles. The first-order valence-corrected chi connectivity index (χ1v) is 4.89. The first-order valence-electron chi connectivity index (χ1n) is 4.89. The monoisotopic (exact) mass is 264 g/mol. The molecule has 0 aromatic carbocycles. The fraction of sp³-hybridized carbons (Fsp3) is 0.875. The predicted octanol–water partition coefficient (Wildman–Crippen LogP) is -1.82. The molecule has 0 aromatic heterocycles. The van der Waals surface area contributed by atoms with Crippen molar-refractivity contribution in [2.45, 2.75) is 13.3 Å². The molecule has 0 bridgehead atoms. The van der Waals surface area contributed by atoms with E-state index in [1.165, 1.54) is 19.0 Å². The summed E-state index contributed by atoms with van der Waals surface area (Å²) in [6, 6.07) is 0. The minimum absolute atomic E-state index is 0. The third-order valence-electron chi connectivity index (χ3n) is 1.86. The van der Waals surface area contributed by atoms with Gasteiger partial charge in [-0.1, -0.05) is 6.92 Å². The second-order valence-electron chi connectivity index (χ2n) is 3.73. The topological polar surface area (TPSA) is 23.6 Å². The smallest absolute Gasteiger partial charge is 0.448 e. The number of halogens is 3. The summed E-state index contributed by atoms with van der Waals surface area (Å²) in [6.45, 7) is -2.94. The van der Waals surface area contributed by atoms with Gasteiger partial charge in [0.05, 0.1) is 6.54 Å². The average molecular weight is 264 g/mol. The quantitative estimate of drug-likeness (QED) is 0.527. The van der Waals surface area contributed by atoms with Crippen molar-refractivity contribution >= 4 is 12.9 Å². The molecule has 0 aromatic rings. The maximum Gasteiger partial charge on any atom is 1.00 e. The van der Waals surface area contributed by atoms with Crippen LogP contribution in [-0.2, 0) is 4.79 Å². The summed E-state index contributed by atoms with van der Waals surface area (Å²) in [5.41, 5.74) is 0. The molecule has 90 valence electrons. The van der Waals surface area contributed by atoms with E-state index in [4.69, 9.17) is 0 Å². The van der Waals surface area contributed by atoms with Crippen LogP contribution in [0.5, 0.6) is 0 Å². The van der Waals surface area contributed by atoms with Crippen LogP contribution in [0.4, 0.5) is 12.9 Å². The minimum Gasteiger partial charge on any atom is -0.448 e. The van der Waals surface area contributed by atoms with Crippen LogP contribution < -0.4 is 51.4 Å². The van der Waals surface area contributed by atoms with E-state index in [0.717, 1.165) is 4.90 Å².